The first-order chi connectivity index (χ1) is 7.93. The molecule has 0 radical (unpaired) electrons. The monoisotopic (exact) mass is 301 g/mol. The number of aliphatic carboxylic acids is 1. The Morgan fingerprint density at radius 2 is 1.94 bits per heavy atom. The lowest BCUT2D eigenvalue weighted by Crippen LogP contribution is -2.47. The van der Waals surface area contributed by atoms with Crippen molar-refractivity contribution >= 4 is 27.8 Å². The number of benzene rings is 1. The van der Waals surface area contributed by atoms with Gasteiger partial charge >= 0.3 is 5.97 Å². The van der Waals surface area contributed by atoms with Gasteiger partial charge in [-0.05, 0) is 35.0 Å². The summed E-state index contributed by atoms with van der Waals surface area (Å²) in [6, 6.07) is 5.31. The number of carboxylic acids is 1. The topological polar surface area (TPSA) is 86.6 Å². The quantitative estimate of drug-likeness (QED) is 0.775. The molecule has 1 aromatic rings. The number of hydrogen-bond donors (Lipinski definition) is 3. The summed E-state index contributed by atoms with van der Waals surface area (Å²) in [5.74, 6) is -1.83. The lowest BCUT2D eigenvalue weighted by molar-refractivity contribution is -0.141. The Morgan fingerprint density at radius 3 is 2.41 bits per heavy atom. The summed E-state index contributed by atoms with van der Waals surface area (Å²) in [4.78, 5) is 22.6. The van der Waals surface area contributed by atoms with Crippen molar-refractivity contribution < 1.29 is 19.8 Å². The second-order valence-electron chi connectivity index (χ2n) is 3.51. The van der Waals surface area contributed by atoms with E-state index in [4.69, 9.17) is 5.11 Å². The fourth-order valence-electron chi connectivity index (χ4n) is 1.25. The maximum atomic E-state index is 11.8. The van der Waals surface area contributed by atoms with Crippen LogP contribution >= 0.6 is 15.9 Å². The molecule has 0 aliphatic rings. The molecular formula is C11H12BrNO4. The molecule has 0 saturated heterocycles. The van der Waals surface area contributed by atoms with Crippen LogP contribution in [0.3, 0.4) is 0 Å². The first-order valence-corrected chi connectivity index (χ1v) is 5.69. The Kier molecular flexibility index (Phi) is 4.65. The van der Waals surface area contributed by atoms with Gasteiger partial charge in [0.2, 0.25) is 0 Å². The van der Waals surface area contributed by atoms with Gasteiger partial charge in [0, 0.05) is 4.47 Å². The molecule has 0 aromatic heterocycles. The molecular weight excluding hydrogens is 290 g/mol. The standard InChI is InChI=1S/C11H12BrNO4/c1-6(14)9(11(16)17)13-10(15)7-4-2-3-5-8(7)12/h2-6,9,14H,1H3,(H,13,15)(H,16,17)/t6-,9+/m1/s1. The fraction of sp³-hybridized carbons (Fsp3) is 0.273. The SMILES string of the molecule is C[C@@H](O)[C@H](NC(=O)c1ccccc1Br)C(=O)O. The van der Waals surface area contributed by atoms with Crippen molar-refractivity contribution in [3.63, 3.8) is 0 Å². The maximum Gasteiger partial charge on any atom is 0.328 e. The van der Waals surface area contributed by atoms with Crippen LogP contribution in [0.2, 0.25) is 0 Å². The maximum absolute atomic E-state index is 11.8. The highest BCUT2D eigenvalue weighted by molar-refractivity contribution is 9.10. The van der Waals surface area contributed by atoms with E-state index in [1.165, 1.54) is 6.92 Å². The molecule has 5 nitrogen and oxygen atoms in total. The van der Waals surface area contributed by atoms with Gasteiger partial charge in [0.1, 0.15) is 0 Å². The van der Waals surface area contributed by atoms with Crippen LogP contribution in [0, 0.1) is 0 Å². The molecule has 0 heterocycles. The summed E-state index contributed by atoms with van der Waals surface area (Å²) in [6.45, 7) is 1.30. The number of hydrogen-bond acceptors (Lipinski definition) is 3. The highest BCUT2D eigenvalue weighted by Gasteiger charge is 2.25. The molecule has 17 heavy (non-hydrogen) atoms. The van der Waals surface area contributed by atoms with E-state index < -0.39 is 24.0 Å². The number of carboxylic acid groups (broad SMARTS) is 1. The van der Waals surface area contributed by atoms with Gasteiger partial charge in [0.05, 0.1) is 11.7 Å². The lowest BCUT2D eigenvalue weighted by atomic mass is 10.1. The molecule has 0 unspecified atom stereocenters. The van der Waals surface area contributed by atoms with Crippen LogP contribution in [0.1, 0.15) is 17.3 Å². The Hall–Kier alpha value is -1.40. The van der Waals surface area contributed by atoms with Crippen molar-refractivity contribution in [2.24, 2.45) is 0 Å². The van der Waals surface area contributed by atoms with Crippen molar-refractivity contribution in [3.8, 4) is 0 Å². The van der Waals surface area contributed by atoms with Crippen LogP contribution in [0.5, 0.6) is 0 Å². The number of rotatable bonds is 4. The molecule has 0 spiro atoms. The molecule has 0 bridgehead atoms. The molecule has 1 amide bonds. The second kappa shape index (κ2) is 5.79. The van der Waals surface area contributed by atoms with Crippen LogP contribution in [0.4, 0.5) is 0 Å². The average Bonchev–Trinajstić information content (AvgIpc) is 2.25. The molecule has 3 N–H and O–H groups in total. The summed E-state index contributed by atoms with van der Waals surface area (Å²) in [7, 11) is 0. The third-order valence-electron chi connectivity index (χ3n) is 2.15. The largest absolute Gasteiger partial charge is 0.480 e. The zero-order valence-corrected chi connectivity index (χ0v) is 10.6. The van der Waals surface area contributed by atoms with Crippen molar-refractivity contribution in [2.45, 2.75) is 19.1 Å². The van der Waals surface area contributed by atoms with E-state index in [0.717, 1.165) is 0 Å². The van der Waals surface area contributed by atoms with E-state index in [0.29, 0.717) is 10.0 Å². The molecule has 0 saturated carbocycles. The Morgan fingerprint density at radius 1 is 1.35 bits per heavy atom. The van der Waals surface area contributed by atoms with Crippen molar-refractivity contribution in [1.29, 1.82) is 0 Å². The molecule has 0 fully saturated rings. The second-order valence-corrected chi connectivity index (χ2v) is 4.36. The summed E-state index contributed by atoms with van der Waals surface area (Å²) < 4.78 is 0.562. The van der Waals surface area contributed by atoms with E-state index in [9.17, 15) is 14.7 Å². The van der Waals surface area contributed by atoms with Crippen LogP contribution in [-0.4, -0.2) is 34.2 Å². The number of carbonyl (C=O) groups excluding carboxylic acids is 1. The number of nitrogens with one attached hydrogen (secondary N) is 1. The van der Waals surface area contributed by atoms with Crippen molar-refractivity contribution in [3.05, 3.63) is 34.3 Å². The summed E-state index contributed by atoms with van der Waals surface area (Å²) in [6.07, 6.45) is -1.17. The predicted molar refractivity (Wildman–Crippen MR) is 64.7 cm³/mol. The molecule has 1 aromatic carbocycles. The number of halogens is 1. The van der Waals surface area contributed by atoms with Crippen LogP contribution < -0.4 is 5.32 Å². The molecule has 0 aliphatic carbocycles. The third-order valence-corrected chi connectivity index (χ3v) is 2.85. The third kappa shape index (κ3) is 3.54. The van der Waals surface area contributed by atoms with E-state index >= 15 is 0 Å². The lowest BCUT2D eigenvalue weighted by Gasteiger charge is -2.17. The Bertz CT molecular complexity index is 433. The van der Waals surface area contributed by atoms with Gasteiger partial charge in [0.15, 0.2) is 6.04 Å². The first-order valence-electron chi connectivity index (χ1n) is 4.89. The molecule has 92 valence electrons. The van der Waals surface area contributed by atoms with Crippen LogP contribution in [0.15, 0.2) is 28.7 Å². The Balaban J connectivity index is 2.85. The summed E-state index contributed by atoms with van der Waals surface area (Å²) in [5, 5.41) is 20.3. The van der Waals surface area contributed by atoms with Gasteiger partial charge in [-0.2, -0.15) is 0 Å². The fourth-order valence-corrected chi connectivity index (χ4v) is 1.72. The van der Waals surface area contributed by atoms with Gasteiger partial charge < -0.3 is 15.5 Å². The Labute approximate surface area is 107 Å². The van der Waals surface area contributed by atoms with E-state index in [2.05, 4.69) is 21.2 Å². The highest BCUT2D eigenvalue weighted by Crippen LogP contribution is 2.15. The molecule has 1 rings (SSSR count). The van der Waals surface area contributed by atoms with E-state index in [1.807, 2.05) is 0 Å². The minimum Gasteiger partial charge on any atom is -0.480 e. The number of aliphatic hydroxyl groups is 1. The minimum absolute atomic E-state index is 0.319. The number of aliphatic hydroxyl groups excluding tert-OH is 1. The zero-order chi connectivity index (χ0) is 13.0. The number of amides is 1. The van der Waals surface area contributed by atoms with Gasteiger partial charge in [-0.25, -0.2) is 4.79 Å². The summed E-state index contributed by atoms with van der Waals surface area (Å²) >= 11 is 3.19. The number of carbonyl (C=O) groups is 2. The van der Waals surface area contributed by atoms with Gasteiger partial charge in [0.25, 0.3) is 5.91 Å². The predicted octanol–water partition coefficient (Wildman–Crippen LogP) is 1.01. The average molecular weight is 302 g/mol. The van der Waals surface area contributed by atoms with Crippen molar-refractivity contribution in [2.75, 3.05) is 0 Å². The van der Waals surface area contributed by atoms with E-state index in [1.54, 1.807) is 24.3 Å². The highest BCUT2D eigenvalue weighted by atomic mass is 79.9. The molecule has 0 aliphatic heterocycles. The van der Waals surface area contributed by atoms with E-state index in [-0.39, 0.29) is 0 Å². The van der Waals surface area contributed by atoms with Gasteiger partial charge in [-0.1, -0.05) is 12.1 Å². The zero-order valence-electron chi connectivity index (χ0n) is 9.05. The first kappa shape index (κ1) is 13.7. The van der Waals surface area contributed by atoms with Crippen LogP contribution in [-0.2, 0) is 4.79 Å². The molecule has 6 heteroatoms. The van der Waals surface area contributed by atoms with Crippen molar-refractivity contribution in [1.82, 2.24) is 5.32 Å². The summed E-state index contributed by atoms with van der Waals surface area (Å²) in [5.41, 5.74) is 0.319. The molecule has 2 atom stereocenters. The van der Waals surface area contributed by atoms with Gasteiger partial charge in [-0.3, -0.25) is 4.79 Å². The minimum atomic E-state index is -1.32. The normalized spacial score (nSPS) is 13.8. The van der Waals surface area contributed by atoms with Crippen LogP contribution in [0.25, 0.3) is 0 Å². The van der Waals surface area contributed by atoms with Gasteiger partial charge in [-0.15, -0.1) is 0 Å². The smallest absolute Gasteiger partial charge is 0.328 e.